The molecule has 122 valence electrons. The Morgan fingerprint density at radius 1 is 1.04 bits per heavy atom. The summed E-state index contributed by atoms with van der Waals surface area (Å²) in [5.74, 6) is 0.325. The number of ether oxygens (including phenoxy) is 2. The van der Waals surface area contributed by atoms with Crippen molar-refractivity contribution in [3.05, 3.63) is 29.3 Å². The summed E-state index contributed by atoms with van der Waals surface area (Å²) in [6.07, 6.45) is 1.50. The molecule has 0 radical (unpaired) electrons. The molecule has 0 saturated carbocycles. The standard InChI is InChI=1S/C16H20N4O3/c1-16(2,3)11-8-6-7-10(12(11)21)9-17-13-18-14(22-4)20-15(19-13)23-5/h6-9,21H,1-5H3/b17-9+. The minimum absolute atomic E-state index is 0.108. The number of hydrogen-bond acceptors (Lipinski definition) is 7. The number of hydrogen-bond donors (Lipinski definition) is 1. The first-order valence-electron chi connectivity index (χ1n) is 7.05. The van der Waals surface area contributed by atoms with Gasteiger partial charge in [0.15, 0.2) is 0 Å². The molecule has 1 N–H and O–H groups in total. The molecule has 2 aromatic rings. The number of para-hydroxylation sites is 1. The fourth-order valence-corrected chi connectivity index (χ4v) is 1.97. The van der Waals surface area contributed by atoms with E-state index in [4.69, 9.17) is 9.47 Å². The molecule has 1 aromatic carbocycles. The maximum atomic E-state index is 10.4. The van der Waals surface area contributed by atoms with Crippen molar-refractivity contribution in [3.63, 3.8) is 0 Å². The van der Waals surface area contributed by atoms with Crippen LogP contribution in [-0.2, 0) is 5.41 Å². The second kappa shape index (κ2) is 6.60. The molecule has 7 nitrogen and oxygen atoms in total. The van der Waals surface area contributed by atoms with E-state index in [0.717, 1.165) is 5.56 Å². The summed E-state index contributed by atoms with van der Waals surface area (Å²) in [4.78, 5) is 16.1. The fourth-order valence-electron chi connectivity index (χ4n) is 1.97. The lowest BCUT2D eigenvalue weighted by atomic mass is 9.85. The van der Waals surface area contributed by atoms with Crippen LogP contribution in [0.2, 0.25) is 0 Å². The van der Waals surface area contributed by atoms with Gasteiger partial charge in [0.1, 0.15) is 5.75 Å². The number of rotatable bonds is 4. The molecule has 0 fully saturated rings. The summed E-state index contributed by atoms with van der Waals surface area (Å²) in [7, 11) is 2.89. The maximum absolute atomic E-state index is 10.4. The fraction of sp³-hybridized carbons (Fsp3) is 0.375. The second-order valence-electron chi connectivity index (χ2n) is 5.86. The minimum Gasteiger partial charge on any atom is -0.507 e. The number of phenolic OH excluding ortho intramolecular Hbond substituents is 1. The maximum Gasteiger partial charge on any atom is 0.324 e. The van der Waals surface area contributed by atoms with E-state index in [1.807, 2.05) is 32.9 Å². The predicted octanol–water partition coefficient (Wildman–Crippen LogP) is 2.64. The van der Waals surface area contributed by atoms with Crippen LogP contribution in [-0.4, -0.2) is 40.5 Å². The van der Waals surface area contributed by atoms with Gasteiger partial charge in [-0.05, 0) is 17.0 Å². The molecule has 23 heavy (non-hydrogen) atoms. The summed E-state index contributed by atoms with van der Waals surface area (Å²) in [6, 6.07) is 5.75. The number of aliphatic imine (C=N–C) groups is 1. The van der Waals surface area contributed by atoms with Gasteiger partial charge in [-0.15, -0.1) is 4.98 Å². The number of methoxy groups -OCH3 is 2. The first-order chi connectivity index (χ1) is 10.8. The van der Waals surface area contributed by atoms with Crippen LogP contribution in [0.3, 0.4) is 0 Å². The van der Waals surface area contributed by atoms with Gasteiger partial charge in [0.2, 0.25) is 0 Å². The van der Waals surface area contributed by atoms with Crippen LogP contribution in [0.4, 0.5) is 5.95 Å². The largest absolute Gasteiger partial charge is 0.507 e. The molecule has 1 heterocycles. The normalized spacial score (nSPS) is 11.7. The van der Waals surface area contributed by atoms with Gasteiger partial charge in [-0.3, -0.25) is 0 Å². The lowest BCUT2D eigenvalue weighted by Gasteiger charge is -2.21. The van der Waals surface area contributed by atoms with Gasteiger partial charge in [0.25, 0.3) is 5.95 Å². The van der Waals surface area contributed by atoms with Crippen molar-refractivity contribution in [1.82, 2.24) is 15.0 Å². The molecule has 0 saturated heterocycles. The van der Waals surface area contributed by atoms with Crippen molar-refractivity contribution >= 4 is 12.2 Å². The molecule has 0 aliphatic rings. The number of aromatic hydroxyl groups is 1. The molecule has 0 bridgehead atoms. The monoisotopic (exact) mass is 316 g/mol. The highest BCUT2D eigenvalue weighted by Gasteiger charge is 2.19. The van der Waals surface area contributed by atoms with Crippen molar-refractivity contribution in [3.8, 4) is 17.8 Å². The average molecular weight is 316 g/mol. The van der Waals surface area contributed by atoms with Gasteiger partial charge in [-0.1, -0.05) is 32.9 Å². The molecule has 0 atom stereocenters. The molecular weight excluding hydrogens is 296 g/mol. The van der Waals surface area contributed by atoms with E-state index in [0.29, 0.717) is 5.56 Å². The molecule has 0 unspecified atom stereocenters. The molecule has 1 aromatic heterocycles. The smallest absolute Gasteiger partial charge is 0.324 e. The second-order valence-corrected chi connectivity index (χ2v) is 5.86. The van der Waals surface area contributed by atoms with Crippen LogP contribution in [0.15, 0.2) is 23.2 Å². The van der Waals surface area contributed by atoms with Gasteiger partial charge in [0, 0.05) is 11.8 Å². The lowest BCUT2D eigenvalue weighted by Crippen LogP contribution is -2.11. The number of aromatic nitrogens is 3. The van der Waals surface area contributed by atoms with Crippen molar-refractivity contribution in [1.29, 1.82) is 0 Å². The lowest BCUT2D eigenvalue weighted by molar-refractivity contribution is 0.341. The van der Waals surface area contributed by atoms with Gasteiger partial charge < -0.3 is 14.6 Å². The van der Waals surface area contributed by atoms with Crippen LogP contribution < -0.4 is 9.47 Å². The minimum atomic E-state index is -0.173. The molecule has 2 rings (SSSR count). The molecule has 7 heteroatoms. The Bertz CT molecular complexity index is 702. The Balaban J connectivity index is 2.38. The summed E-state index contributed by atoms with van der Waals surface area (Å²) < 4.78 is 9.94. The van der Waals surface area contributed by atoms with Crippen molar-refractivity contribution < 1.29 is 14.6 Å². The van der Waals surface area contributed by atoms with Gasteiger partial charge >= 0.3 is 12.0 Å². The molecule has 0 aliphatic heterocycles. The predicted molar refractivity (Wildman–Crippen MR) is 87.0 cm³/mol. The zero-order valence-electron chi connectivity index (χ0n) is 13.9. The van der Waals surface area contributed by atoms with Crippen LogP contribution >= 0.6 is 0 Å². The average Bonchev–Trinajstić information content (AvgIpc) is 2.52. The van der Waals surface area contributed by atoms with E-state index in [-0.39, 0.29) is 29.1 Å². The Hall–Kier alpha value is -2.70. The van der Waals surface area contributed by atoms with Crippen LogP contribution in [0.1, 0.15) is 31.9 Å². The highest BCUT2D eigenvalue weighted by molar-refractivity contribution is 5.85. The third-order valence-corrected chi connectivity index (χ3v) is 3.14. The summed E-state index contributed by atoms with van der Waals surface area (Å²) in [5.41, 5.74) is 1.25. The highest BCUT2D eigenvalue weighted by Crippen LogP contribution is 2.32. The van der Waals surface area contributed by atoms with Gasteiger partial charge in [-0.2, -0.15) is 9.97 Å². The van der Waals surface area contributed by atoms with Crippen molar-refractivity contribution in [2.75, 3.05) is 14.2 Å². The van der Waals surface area contributed by atoms with Crippen LogP contribution in [0, 0.1) is 0 Å². The first-order valence-corrected chi connectivity index (χ1v) is 7.05. The van der Waals surface area contributed by atoms with Crippen LogP contribution in [0.25, 0.3) is 0 Å². The molecule has 0 amide bonds. The highest BCUT2D eigenvalue weighted by atomic mass is 16.5. The van der Waals surface area contributed by atoms with E-state index in [2.05, 4.69) is 19.9 Å². The molecular formula is C16H20N4O3. The molecule has 0 aliphatic carbocycles. The Labute approximate surface area is 135 Å². The van der Waals surface area contributed by atoms with Gasteiger partial charge in [-0.25, -0.2) is 4.99 Å². The van der Waals surface area contributed by atoms with E-state index < -0.39 is 0 Å². The summed E-state index contributed by atoms with van der Waals surface area (Å²) in [6.45, 7) is 6.10. The van der Waals surface area contributed by atoms with E-state index in [1.54, 1.807) is 6.07 Å². The Kier molecular flexibility index (Phi) is 4.78. The third-order valence-electron chi connectivity index (χ3n) is 3.14. The number of nitrogens with zero attached hydrogens (tertiary/aromatic N) is 4. The quantitative estimate of drug-likeness (QED) is 0.872. The number of phenols is 1. The Morgan fingerprint density at radius 3 is 2.17 bits per heavy atom. The van der Waals surface area contributed by atoms with E-state index in [1.165, 1.54) is 20.4 Å². The Morgan fingerprint density at radius 2 is 1.65 bits per heavy atom. The molecule has 0 spiro atoms. The third kappa shape index (κ3) is 3.94. The zero-order valence-corrected chi connectivity index (χ0v) is 13.9. The summed E-state index contributed by atoms with van der Waals surface area (Å²) >= 11 is 0. The van der Waals surface area contributed by atoms with Crippen molar-refractivity contribution in [2.24, 2.45) is 4.99 Å². The topological polar surface area (TPSA) is 89.7 Å². The number of benzene rings is 1. The SMILES string of the molecule is COc1nc(/N=C/c2cccc(C(C)(C)C)c2O)nc(OC)n1. The zero-order chi connectivity index (χ0) is 17.0. The van der Waals surface area contributed by atoms with E-state index >= 15 is 0 Å². The summed E-state index contributed by atoms with van der Waals surface area (Å²) in [5, 5.41) is 10.4. The first kappa shape index (κ1) is 16.7. The van der Waals surface area contributed by atoms with Gasteiger partial charge in [0.05, 0.1) is 14.2 Å². The van der Waals surface area contributed by atoms with Crippen molar-refractivity contribution in [2.45, 2.75) is 26.2 Å². The van der Waals surface area contributed by atoms with E-state index in [9.17, 15) is 5.11 Å². The van der Waals surface area contributed by atoms with Crippen LogP contribution in [0.5, 0.6) is 17.8 Å².